The number of hydrogen-bond donors (Lipinski definition) is 2. The van der Waals surface area contributed by atoms with E-state index in [1.807, 2.05) is 0 Å². The van der Waals surface area contributed by atoms with Gasteiger partial charge in [0.25, 0.3) is 0 Å². The van der Waals surface area contributed by atoms with Crippen molar-refractivity contribution in [2.24, 2.45) is 0 Å². The molecule has 1 saturated carbocycles. The lowest BCUT2D eigenvalue weighted by atomic mass is 9.95. The molecule has 1 atom stereocenters. The van der Waals surface area contributed by atoms with Crippen LogP contribution >= 0.6 is 0 Å². The molecule has 1 aliphatic heterocycles. The van der Waals surface area contributed by atoms with E-state index >= 15 is 0 Å². The summed E-state index contributed by atoms with van der Waals surface area (Å²) in [5.41, 5.74) is 0. The highest BCUT2D eigenvalue weighted by Gasteiger charge is 2.23. The fourth-order valence-corrected chi connectivity index (χ4v) is 4.29. The quantitative estimate of drug-likeness (QED) is 0.576. The molecule has 1 unspecified atom stereocenters. The molecular weight excluding hydrogens is 398 g/mol. The number of benzene rings is 1. The molecule has 1 heterocycles. The van der Waals surface area contributed by atoms with Gasteiger partial charge in [0, 0.05) is 44.8 Å². The molecule has 1 aliphatic carbocycles. The van der Waals surface area contributed by atoms with E-state index in [1.54, 1.807) is 32.4 Å². The van der Waals surface area contributed by atoms with Gasteiger partial charge in [-0.15, -0.1) is 0 Å². The van der Waals surface area contributed by atoms with Crippen molar-refractivity contribution in [3.63, 3.8) is 0 Å². The molecule has 1 aromatic rings. The monoisotopic (exact) mass is 435 g/mol. The van der Waals surface area contributed by atoms with Crippen molar-refractivity contribution in [2.75, 3.05) is 60.1 Å². The van der Waals surface area contributed by atoms with Crippen molar-refractivity contribution in [1.82, 2.24) is 15.1 Å². The molecule has 8 heteroatoms. The third-order valence-electron chi connectivity index (χ3n) is 6.07. The van der Waals surface area contributed by atoms with Crippen LogP contribution in [0.25, 0.3) is 0 Å². The number of aliphatic hydroxyl groups excluding tert-OH is 1. The highest BCUT2D eigenvalue weighted by atomic mass is 16.5. The smallest absolute Gasteiger partial charge is 0.234 e. The lowest BCUT2D eigenvalue weighted by molar-refractivity contribution is -0.123. The number of carbonyl (C=O) groups excluding carboxylic acids is 1. The van der Waals surface area contributed by atoms with Crippen LogP contribution in [-0.4, -0.2) is 93.1 Å². The SMILES string of the molecule is COc1ccc(OC)c(OCC(O)CN2CCN(CC(=O)NC3CCCCC3)CC2)c1. The van der Waals surface area contributed by atoms with Crippen molar-refractivity contribution >= 4 is 5.91 Å². The summed E-state index contributed by atoms with van der Waals surface area (Å²) in [4.78, 5) is 16.7. The predicted octanol–water partition coefficient (Wildman–Crippen LogP) is 1.51. The minimum atomic E-state index is -0.614. The van der Waals surface area contributed by atoms with E-state index in [4.69, 9.17) is 14.2 Å². The van der Waals surface area contributed by atoms with E-state index < -0.39 is 6.10 Å². The van der Waals surface area contributed by atoms with Gasteiger partial charge in [-0.2, -0.15) is 0 Å². The van der Waals surface area contributed by atoms with E-state index in [-0.39, 0.29) is 12.5 Å². The minimum absolute atomic E-state index is 0.140. The molecule has 3 rings (SSSR count). The Labute approximate surface area is 185 Å². The van der Waals surface area contributed by atoms with Crippen molar-refractivity contribution < 1.29 is 24.1 Å². The molecule has 0 spiro atoms. The summed E-state index contributed by atoms with van der Waals surface area (Å²) >= 11 is 0. The number of ether oxygens (including phenoxy) is 3. The molecule has 174 valence electrons. The number of methoxy groups -OCH3 is 2. The van der Waals surface area contributed by atoms with Gasteiger partial charge >= 0.3 is 0 Å². The summed E-state index contributed by atoms with van der Waals surface area (Å²) in [5, 5.41) is 13.6. The van der Waals surface area contributed by atoms with Crippen LogP contribution in [-0.2, 0) is 4.79 Å². The number of aliphatic hydroxyl groups is 1. The van der Waals surface area contributed by atoms with Crippen molar-refractivity contribution in [2.45, 2.75) is 44.2 Å². The Balaban J connectivity index is 1.35. The number of piperazine rings is 1. The van der Waals surface area contributed by atoms with Gasteiger partial charge in [0.15, 0.2) is 11.5 Å². The van der Waals surface area contributed by atoms with Gasteiger partial charge in [-0.1, -0.05) is 19.3 Å². The first-order valence-electron chi connectivity index (χ1n) is 11.3. The maximum absolute atomic E-state index is 12.3. The highest BCUT2D eigenvalue weighted by molar-refractivity contribution is 5.78. The zero-order valence-corrected chi connectivity index (χ0v) is 18.8. The number of nitrogens with one attached hydrogen (secondary N) is 1. The van der Waals surface area contributed by atoms with Gasteiger partial charge in [0.2, 0.25) is 5.91 Å². The van der Waals surface area contributed by atoms with Crippen LogP contribution in [0.15, 0.2) is 18.2 Å². The van der Waals surface area contributed by atoms with Crippen molar-refractivity contribution in [3.05, 3.63) is 18.2 Å². The highest BCUT2D eigenvalue weighted by Crippen LogP contribution is 2.31. The summed E-state index contributed by atoms with van der Waals surface area (Å²) < 4.78 is 16.3. The first-order valence-corrected chi connectivity index (χ1v) is 11.3. The van der Waals surface area contributed by atoms with Gasteiger partial charge in [0.1, 0.15) is 18.5 Å². The van der Waals surface area contributed by atoms with Gasteiger partial charge in [-0.3, -0.25) is 14.6 Å². The molecule has 31 heavy (non-hydrogen) atoms. The fraction of sp³-hybridized carbons (Fsp3) is 0.696. The van der Waals surface area contributed by atoms with Gasteiger partial charge < -0.3 is 24.6 Å². The Kier molecular flexibility index (Phi) is 9.24. The van der Waals surface area contributed by atoms with E-state index in [0.29, 0.717) is 36.4 Å². The summed E-state index contributed by atoms with van der Waals surface area (Å²) in [6.07, 6.45) is 5.35. The number of β-amino-alcohol motifs (C(OH)–C–C–N with tert-alkyl or cyclic N) is 1. The van der Waals surface area contributed by atoms with Crippen LogP contribution in [0.2, 0.25) is 0 Å². The fourth-order valence-electron chi connectivity index (χ4n) is 4.29. The van der Waals surface area contributed by atoms with Crippen LogP contribution < -0.4 is 19.5 Å². The molecular formula is C23H37N3O5. The number of nitrogens with zero attached hydrogens (tertiary/aromatic N) is 2. The van der Waals surface area contributed by atoms with Crippen LogP contribution in [0.1, 0.15) is 32.1 Å². The van der Waals surface area contributed by atoms with Crippen LogP contribution in [0, 0.1) is 0 Å². The zero-order valence-electron chi connectivity index (χ0n) is 18.8. The standard InChI is InChI=1S/C23H37N3O5/c1-29-20-8-9-21(30-2)22(14-20)31-17-19(27)15-25-10-12-26(13-11-25)16-23(28)24-18-6-4-3-5-7-18/h8-9,14,18-19,27H,3-7,10-13,15-17H2,1-2H3,(H,24,28). The Bertz CT molecular complexity index is 688. The maximum Gasteiger partial charge on any atom is 0.234 e. The summed E-state index contributed by atoms with van der Waals surface area (Å²) in [5.74, 6) is 1.97. The average Bonchev–Trinajstić information content (AvgIpc) is 2.79. The predicted molar refractivity (Wildman–Crippen MR) is 119 cm³/mol. The first kappa shape index (κ1) is 23.6. The number of rotatable bonds is 10. The molecule has 8 nitrogen and oxygen atoms in total. The molecule has 1 aromatic carbocycles. The summed E-state index contributed by atoms with van der Waals surface area (Å²) in [6.45, 7) is 4.49. The summed E-state index contributed by atoms with van der Waals surface area (Å²) in [6, 6.07) is 5.70. The second-order valence-electron chi connectivity index (χ2n) is 8.46. The molecule has 0 aromatic heterocycles. The van der Waals surface area contributed by atoms with Crippen molar-refractivity contribution in [3.8, 4) is 17.2 Å². The second-order valence-corrected chi connectivity index (χ2v) is 8.46. The first-order chi connectivity index (χ1) is 15.1. The lowest BCUT2D eigenvalue weighted by Gasteiger charge is -2.35. The van der Waals surface area contributed by atoms with Crippen LogP contribution in [0.4, 0.5) is 0 Å². The average molecular weight is 436 g/mol. The number of amides is 1. The van der Waals surface area contributed by atoms with Crippen LogP contribution in [0.3, 0.4) is 0 Å². The summed E-state index contributed by atoms with van der Waals surface area (Å²) in [7, 11) is 3.18. The van der Waals surface area contributed by atoms with E-state index in [0.717, 1.165) is 39.0 Å². The normalized spacial score (nSPS) is 19.6. The largest absolute Gasteiger partial charge is 0.497 e. The molecule has 2 aliphatic rings. The van der Waals surface area contributed by atoms with Crippen molar-refractivity contribution in [1.29, 1.82) is 0 Å². The minimum Gasteiger partial charge on any atom is -0.497 e. The second kappa shape index (κ2) is 12.1. The zero-order chi connectivity index (χ0) is 22.1. The molecule has 1 saturated heterocycles. The van der Waals surface area contributed by atoms with Crippen LogP contribution in [0.5, 0.6) is 17.2 Å². The van der Waals surface area contributed by atoms with E-state index in [9.17, 15) is 9.90 Å². The maximum atomic E-state index is 12.3. The number of carbonyl (C=O) groups is 1. The molecule has 0 radical (unpaired) electrons. The third kappa shape index (κ3) is 7.55. The third-order valence-corrected chi connectivity index (χ3v) is 6.07. The van der Waals surface area contributed by atoms with Gasteiger partial charge in [0.05, 0.1) is 20.8 Å². The Morgan fingerprint density at radius 1 is 1.06 bits per heavy atom. The van der Waals surface area contributed by atoms with E-state index in [2.05, 4.69) is 15.1 Å². The van der Waals surface area contributed by atoms with E-state index in [1.165, 1.54) is 19.3 Å². The molecule has 1 amide bonds. The Hall–Kier alpha value is -2.03. The topological polar surface area (TPSA) is 83.5 Å². The number of hydrogen-bond acceptors (Lipinski definition) is 7. The Morgan fingerprint density at radius 2 is 1.77 bits per heavy atom. The Morgan fingerprint density at radius 3 is 2.45 bits per heavy atom. The van der Waals surface area contributed by atoms with Gasteiger partial charge in [-0.05, 0) is 25.0 Å². The molecule has 0 bridgehead atoms. The molecule has 2 N–H and O–H groups in total. The van der Waals surface area contributed by atoms with Gasteiger partial charge in [-0.25, -0.2) is 0 Å². The molecule has 2 fully saturated rings. The lowest BCUT2D eigenvalue weighted by Crippen LogP contribution is -2.52.